The van der Waals surface area contributed by atoms with Crippen molar-refractivity contribution in [3.8, 4) is 0 Å². The van der Waals surface area contributed by atoms with E-state index in [4.69, 9.17) is 0 Å². The molecule has 1 unspecified atom stereocenters. The Bertz CT molecular complexity index is 387. The van der Waals surface area contributed by atoms with Crippen LogP contribution in [0.4, 0.5) is 0 Å². The van der Waals surface area contributed by atoms with Gasteiger partial charge in [-0.25, -0.2) is 0 Å². The minimum absolute atomic E-state index is 0.0434. The van der Waals surface area contributed by atoms with Gasteiger partial charge in [0.25, 0.3) is 0 Å². The lowest BCUT2D eigenvalue weighted by Crippen LogP contribution is -2.35. The summed E-state index contributed by atoms with van der Waals surface area (Å²) in [5.74, 6) is 0. The first-order valence-corrected chi connectivity index (χ1v) is 7.63. The van der Waals surface area contributed by atoms with Crippen LogP contribution in [-0.4, -0.2) is 11.2 Å². The van der Waals surface area contributed by atoms with E-state index in [1.165, 1.54) is 24.8 Å². The van der Waals surface area contributed by atoms with Crippen molar-refractivity contribution in [3.05, 3.63) is 48.0 Å². The third kappa shape index (κ3) is 3.70. The highest BCUT2D eigenvalue weighted by Gasteiger charge is 2.35. The van der Waals surface area contributed by atoms with Gasteiger partial charge < -0.3 is 5.11 Å². The first-order chi connectivity index (χ1) is 9.27. The van der Waals surface area contributed by atoms with E-state index < -0.39 is 0 Å². The SMILES string of the molecule is C/C=C\C1(C(O)CCc2ccccc2)CCCCC1. The van der Waals surface area contributed by atoms with Gasteiger partial charge in [0.05, 0.1) is 6.10 Å². The van der Waals surface area contributed by atoms with Crippen LogP contribution in [0.2, 0.25) is 0 Å². The minimum Gasteiger partial charge on any atom is -0.392 e. The fraction of sp³-hybridized carbons (Fsp3) is 0.556. The summed E-state index contributed by atoms with van der Waals surface area (Å²) in [6, 6.07) is 10.5. The van der Waals surface area contributed by atoms with Crippen LogP contribution in [0.25, 0.3) is 0 Å². The summed E-state index contributed by atoms with van der Waals surface area (Å²) in [5.41, 5.74) is 1.37. The smallest absolute Gasteiger partial charge is 0.0634 e. The van der Waals surface area contributed by atoms with Crippen molar-refractivity contribution in [3.63, 3.8) is 0 Å². The number of aliphatic hydroxyl groups is 1. The monoisotopic (exact) mass is 258 g/mol. The molecule has 1 aliphatic rings. The highest BCUT2D eigenvalue weighted by molar-refractivity contribution is 5.15. The number of benzene rings is 1. The van der Waals surface area contributed by atoms with Crippen LogP contribution in [0.15, 0.2) is 42.5 Å². The molecule has 0 saturated heterocycles. The molecule has 0 aliphatic heterocycles. The zero-order chi connectivity index (χ0) is 13.6. The van der Waals surface area contributed by atoms with Crippen LogP contribution in [0.3, 0.4) is 0 Å². The molecule has 0 amide bonds. The third-order valence-corrected chi connectivity index (χ3v) is 4.50. The van der Waals surface area contributed by atoms with Gasteiger partial charge in [0, 0.05) is 5.41 Å². The Morgan fingerprint density at radius 2 is 1.84 bits per heavy atom. The van der Waals surface area contributed by atoms with Crippen molar-refractivity contribution in [2.75, 3.05) is 0 Å². The topological polar surface area (TPSA) is 20.2 Å². The standard InChI is InChI=1S/C18H26O/c1-2-13-18(14-7-4-8-15-18)17(19)12-11-16-9-5-3-6-10-16/h2-3,5-6,9-10,13,17,19H,4,7-8,11-12,14-15H2,1H3/b13-2-. The van der Waals surface area contributed by atoms with Crippen LogP contribution in [0.1, 0.15) is 51.0 Å². The first-order valence-electron chi connectivity index (χ1n) is 7.63. The van der Waals surface area contributed by atoms with Crippen LogP contribution in [-0.2, 0) is 6.42 Å². The normalized spacial score (nSPS) is 20.5. The molecule has 104 valence electrons. The summed E-state index contributed by atoms with van der Waals surface area (Å²) in [5, 5.41) is 10.7. The van der Waals surface area contributed by atoms with E-state index in [9.17, 15) is 5.11 Å². The Hall–Kier alpha value is -1.08. The van der Waals surface area contributed by atoms with Gasteiger partial charge in [-0.1, -0.05) is 61.7 Å². The maximum atomic E-state index is 10.7. The van der Waals surface area contributed by atoms with Crippen LogP contribution in [0.5, 0.6) is 0 Å². The molecule has 1 nitrogen and oxygen atoms in total. The molecule has 1 heteroatoms. The second-order valence-electron chi connectivity index (χ2n) is 5.83. The predicted molar refractivity (Wildman–Crippen MR) is 81.1 cm³/mol. The lowest BCUT2D eigenvalue weighted by molar-refractivity contribution is 0.0256. The van der Waals surface area contributed by atoms with Crippen molar-refractivity contribution in [2.45, 2.75) is 58.0 Å². The maximum absolute atomic E-state index is 10.7. The molecule has 1 N–H and O–H groups in total. The van der Waals surface area contributed by atoms with Crippen molar-refractivity contribution >= 4 is 0 Å². The summed E-state index contributed by atoms with van der Waals surface area (Å²) < 4.78 is 0. The maximum Gasteiger partial charge on any atom is 0.0634 e. The van der Waals surface area contributed by atoms with Crippen LogP contribution >= 0.6 is 0 Å². The minimum atomic E-state index is -0.204. The Labute approximate surface area is 117 Å². The summed E-state index contributed by atoms with van der Waals surface area (Å²) in [6.45, 7) is 2.07. The Kier molecular flexibility index (Phi) is 5.21. The van der Waals surface area contributed by atoms with E-state index in [0.29, 0.717) is 0 Å². The summed E-state index contributed by atoms with van der Waals surface area (Å²) in [6.07, 6.45) is 12.2. The number of aryl methyl sites for hydroxylation is 1. The fourth-order valence-electron chi connectivity index (χ4n) is 3.39. The van der Waals surface area contributed by atoms with Gasteiger partial charge >= 0.3 is 0 Å². The quantitative estimate of drug-likeness (QED) is 0.771. The van der Waals surface area contributed by atoms with Gasteiger partial charge in [0.1, 0.15) is 0 Å². The van der Waals surface area contributed by atoms with Crippen molar-refractivity contribution < 1.29 is 5.11 Å². The van der Waals surface area contributed by atoms with Gasteiger partial charge in [-0.15, -0.1) is 0 Å². The van der Waals surface area contributed by atoms with E-state index in [2.05, 4.69) is 43.3 Å². The predicted octanol–water partition coefficient (Wildman–Crippen LogP) is 4.51. The van der Waals surface area contributed by atoms with Crippen molar-refractivity contribution in [1.29, 1.82) is 0 Å². The summed E-state index contributed by atoms with van der Waals surface area (Å²) in [4.78, 5) is 0. The number of rotatable bonds is 5. The van der Waals surface area contributed by atoms with E-state index in [1.54, 1.807) is 0 Å². The number of aliphatic hydroxyl groups excluding tert-OH is 1. The number of hydrogen-bond acceptors (Lipinski definition) is 1. The second kappa shape index (κ2) is 6.91. The van der Waals surface area contributed by atoms with Gasteiger partial charge in [-0.05, 0) is 38.2 Å². The highest BCUT2D eigenvalue weighted by Crippen LogP contribution is 2.42. The molecule has 1 aromatic carbocycles. The second-order valence-corrected chi connectivity index (χ2v) is 5.83. The molecular weight excluding hydrogens is 232 g/mol. The fourth-order valence-corrected chi connectivity index (χ4v) is 3.39. The van der Waals surface area contributed by atoms with E-state index in [1.807, 2.05) is 6.07 Å². The van der Waals surface area contributed by atoms with E-state index in [-0.39, 0.29) is 11.5 Å². The molecule has 0 aromatic heterocycles. The molecule has 0 radical (unpaired) electrons. The van der Waals surface area contributed by atoms with Crippen LogP contribution < -0.4 is 0 Å². The third-order valence-electron chi connectivity index (χ3n) is 4.50. The van der Waals surface area contributed by atoms with Gasteiger partial charge in [-0.2, -0.15) is 0 Å². The molecule has 0 heterocycles. The zero-order valence-electron chi connectivity index (χ0n) is 12.0. The lowest BCUT2D eigenvalue weighted by Gasteiger charge is -2.39. The Morgan fingerprint density at radius 3 is 2.47 bits per heavy atom. The average molecular weight is 258 g/mol. The van der Waals surface area contributed by atoms with Gasteiger partial charge in [0.15, 0.2) is 0 Å². The van der Waals surface area contributed by atoms with Crippen LogP contribution in [0, 0.1) is 5.41 Å². The Balaban J connectivity index is 1.98. The molecule has 1 saturated carbocycles. The molecule has 19 heavy (non-hydrogen) atoms. The molecule has 2 rings (SSSR count). The molecule has 0 spiro atoms. The van der Waals surface area contributed by atoms with Crippen molar-refractivity contribution in [2.24, 2.45) is 5.41 Å². The first kappa shape index (κ1) is 14.3. The molecule has 1 aliphatic carbocycles. The lowest BCUT2D eigenvalue weighted by atomic mass is 9.69. The van der Waals surface area contributed by atoms with E-state index in [0.717, 1.165) is 25.7 Å². The highest BCUT2D eigenvalue weighted by atomic mass is 16.3. The van der Waals surface area contributed by atoms with Gasteiger partial charge in [0.2, 0.25) is 0 Å². The van der Waals surface area contributed by atoms with Crippen molar-refractivity contribution in [1.82, 2.24) is 0 Å². The number of allylic oxidation sites excluding steroid dienone is 1. The molecular formula is C18H26O. The summed E-state index contributed by atoms with van der Waals surface area (Å²) >= 11 is 0. The van der Waals surface area contributed by atoms with E-state index >= 15 is 0 Å². The Morgan fingerprint density at radius 1 is 1.16 bits per heavy atom. The average Bonchev–Trinajstić information content (AvgIpc) is 2.47. The van der Waals surface area contributed by atoms with Gasteiger partial charge in [-0.3, -0.25) is 0 Å². The summed E-state index contributed by atoms with van der Waals surface area (Å²) in [7, 11) is 0. The molecule has 0 bridgehead atoms. The molecule has 1 fully saturated rings. The largest absolute Gasteiger partial charge is 0.392 e. The molecule has 1 aromatic rings. The number of hydrogen-bond donors (Lipinski definition) is 1. The zero-order valence-corrected chi connectivity index (χ0v) is 12.0. The molecule has 1 atom stereocenters.